The third-order valence-corrected chi connectivity index (χ3v) is 10.1. The second kappa shape index (κ2) is 13.7. The maximum atomic E-state index is 12.7. The van der Waals surface area contributed by atoms with Gasteiger partial charge < -0.3 is 15.1 Å². The van der Waals surface area contributed by atoms with Gasteiger partial charge in [0.15, 0.2) is 0 Å². The number of aryl methyl sites for hydroxylation is 1. The predicted molar refractivity (Wildman–Crippen MR) is 177 cm³/mol. The second-order valence-electron chi connectivity index (χ2n) is 11.6. The monoisotopic (exact) mass is 600 g/mol. The normalized spacial score (nSPS) is 19.2. The molecule has 2 heterocycles. The molecule has 228 valence electrons. The number of benzene rings is 3. The molecule has 2 N–H and O–H groups in total. The first-order valence-corrected chi connectivity index (χ1v) is 16.5. The number of para-hydroxylation sites is 2. The Bertz CT molecular complexity index is 1580. The molecule has 1 aromatic heterocycles. The summed E-state index contributed by atoms with van der Waals surface area (Å²) in [5.41, 5.74) is 3.28. The van der Waals surface area contributed by atoms with Crippen LogP contribution in [0.25, 0.3) is 10.9 Å². The maximum Gasteiger partial charge on any atom is 0.240 e. The molecular weight excluding hydrogens is 556 g/mol. The van der Waals surface area contributed by atoms with Gasteiger partial charge in [0, 0.05) is 50.3 Å². The van der Waals surface area contributed by atoms with Crippen molar-refractivity contribution in [2.45, 2.75) is 44.9 Å². The zero-order valence-electron chi connectivity index (χ0n) is 24.2. The van der Waals surface area contributed by atoms with Crippen molar-refractivity contribution in [3.05, 3.63) is 84.4 Å². The van der Waals surface area contributed by atoms with E-state index < -0.39 is 10.0 Å². The SMILES string of the molecule is C.Cc1ccc(S(=O)(=O)NCC2CCC(CNc3nc(N4CCN(c5ccccc5)CC4)c4ccccc4n3)CC2)cc1. The Morgan fingerprint density at radius 3 is 2.05 bits per heavy atom. The van der Waals surface area contributed by atoms with E-state index in [1.165, 1.54) is 5.69 Å². The first-order chi connectivity index (χ1) is 20.4. The average Bonchev–Trinajstić information content (AvgIpc) is 3.03. The van der Waals surface area contributed by atoms with Gasteiger partial charge in [-0.2, -0.15) is 4.98 Å². The summed E-state index contributed by atoms with van der Waals surface area (Å²) in [7, 11) is -3.47. The van der Waals surface area contributed by atoms with Gasteiger partial charge in [-0.3, -0.25) is 0 Å². The van der Waals surface area contributed by atoms with E-state index in [4.69, 9.17) is 9.97 Å². The number of piperazine rings is 1. The highest BCUT2D eigenvalue weighted by Gasteiger charge is 2.25. The highest BCUT2D eigenvalue weighted by atomic mass is 32.2. The van der Waals surface area contributed by atoms with E-state index in [2.05, 4.69) is 68.4 Å². The number of fused-ring (bicyclic) bond motifs is 1. The Hall–Kier alpha value is -3.69. The van der Waals surface area contributed by atoms with E-state index in [0.29, 0.717) is 29.2 Å². The van der Waals surface area contributed by atoms with E-state index in [0.717, 1.165) is 80.7 Å². The molecule has 0 amide bonds. The number of nitrogens with one attached hydrogen (secondary N) is 2. The van der Waals surface area contributed by atoms with Crippen LogP contribution in [0.4, 0.5) is 17.5 Å². The van der Waals surface area contributed by atoms with E-state index >= 15 is 0 Å². The summed E-state index contributed by atoms with van der Waals surface area (Å²) < 4.78 is 28.2. The summed E-state index contributed by atoms with van der Waals surface area (Å²) in [5, 5.41) is 4.63. The molecule has 0 bridgehead atoms. The fourth-order valence-electron chi connectivity index (χ4n) is 6.10. The molecule has 0 atom stereocenters. The molecule has 0 spiro atoms. The average molecular weight is 601 g/mol. The highest BCUT2D eigenvalue weighted by molar-refractivity contribution is 7.89. The number of anilines is 3. The third-order valence-electron chi connectivity index (χ3n) is 8.69. The summed E-state index contributed by atoms with van der Waals surface area (Å²) >= 11 is 0. The van der Waals surface area contributed by atoms with Crippen LogP contribution in [0, 0.1) is 18.8 Å². The Morgan fingerprint density at radius 2 is 1.35 bits per heavy atom. The number of rotatable bonds is 9. The van der Waals surface area contributed by atoms with Crippen molar-refractivity contribution in [3.63, 3.8) is 0 Å². The van der Waals surface area contributed by atoms with E-state index in [9.17, 15) is 8.42 Å². The Balaban J connectivity index is 0.00000368. The van der Waals surface area contributed by atoms with Crippen molar-refractivity contribution in [1.82, 2.24) is 14.7 Å². The van der Waals surface area contributed by atoms with Gasteiger partial charge in [0.1, 0.15) is 5.82 Å². The smallest absolute Gasteiger partial charge is 0.240 e. The molecule has 43 heavy (non-hydrogen) atoms. The minimum atomic E-state index is -3.47. The van der Waals surface area contributed by atoms with Crippen molar-refractivity contribution < 1.29 is 8.42 Å². The molecule has 1 saturated carbocycles. The molecule has 2 fully saturated rings. The van der Waals surface area contributed by atoms with Crippen molar-refractivity contribution in [3.8, 4) is 0 Å². The van der Waals surface area contributed by atoms with Crippen LogP contribution in [0.2, 0.25) is 0 Å². The summed E-state index contributed by atoms with van der Waals surface area (Å²) in [5.74, 6) is 2.56. The molecule has 3 aromatic carbocycles. The lowest BCUT2D eigenvalue weighted by atomic mass is 9.82. The van der Waals surface area contributed by atoms with Gasteiger partial charge in [-0.1, -0.05) is 55.5 Å². The lowest BCUT2D eigenvalue weighted by molar-refractivity contribution is 0.284. The van der Waals surface area contributed by atoms with Gasteiger partial charge >= 0.3 is 0 Å². The Morgan fingerprint density at radius 1 is 0.744 bits per heavy atom. The van der Waals surface area contributed by atoms with Crippen LogP contribution in [0.5, 0.6) is 0 Å². The largest absolute Gasteiger partial charge is 0.368 e. The molecule has 8 nitrogen and oxygen atoms in total. The highest BCUT2D eigenvalue weighted by Crippen LogP contribution is 2.30. The summed E-state index contributed by atoms with van der Waals surface area (Å²) in [4.78, 5) is 15.0. The van der Waals surface area contributed by atoms with Gasteiger partial charge in [-0.15, -0.1) is 0 Å². The fraction of sp³-hybridized carbons (Fsp3) is 0.412. The molecule has 1 saturated heterocycles. The van der Waals surface area contributed by atoms with Crippen molar-refractivity contribution in [2.24, 2.45) is 11.8 Å². The minimum Gasteiger partial charge on any atom is -0.368 e. The third kappa shape index (κ3) is 7.46. The van der Waals surface area contributed by atoms with Gasteiger partial charge in [0.05, 0.1) is 10.4 Å². The standard InChI is InChI=1S/C33H40N6O2S.CH4/c1-25-11-17-29(18-12-25)42(40,41)35-24-27-15-13-26(14-16-27)23-34-33-36-31-10-6-5-9-30(31)32(37-33)39-21-19-38(20-22-39)28-7-3-2-4-8-28;/h2-12,17-18,26-27,35H,13-16,19-24H2,1H3,(H,34,36,37);1H4. The topological polar surface area (TPSA) is 90.5 Å². The quantitative estimate of drug-likeness (QED) is 0.240. The predicted octanol–water partition coefficient (Wildman–Crippen LogP) is 6.10. The first-order valence-electron chi connectivity index (χ1n) is 15.1. The number of hydrogen-bond acceptors (Lipinski definition) is 7. The molecule has 1 aliphatic heterocycles. The Labute approximate surface area is 256 Å². The van der Waals surface area contributed by atoms with Crippen molar-refractivity contribution in [1.29, 1.82) is 0 Å². The number of aromatic nitrogens is 2. The molecule has 6 rings (SSSR count). The Kier molecular flexibility index (Phi) is 9.82. The molecule has 9 heteroatoms. The van der Waals surface area contributed by atoms with Crippen LogP contribution in [0.1, 0.15) is 38.7 Å². The van der Waals surface area contributed by atoms with E-state index in [1.54, 1.807) is 12.1 Å². The summed E-state index contributed by atoms with van der Waals surface area (Å²) in [6, 6.07) is 25.9. The minimum absolute atomic E-state index is 0. The van der Waals surface area contributed by atoms with E-state index in [1.807, 2.05) is 25.1 Å². The summed E-state index contributed by atoms with van der Waals surface area (Å²) in [6.45, 7) is 6.99. The zero-order chi connectivity index (χ0) is 28.9. The number of hydrogen-bond donors (Lipinski definition) is 2. The first kappa shape index (κ1) is 30.8. The van der Waals surface area contributed by atoms with Crippen LogP contribution >= 0.6 is 0 Å². The van der Waals surface area contributed by atoms with Crippen molar-refractivity contribution in [2.75, 3.05) is 54.4 Å². The zero-order valence-corrected chi connectivity index (χ0v) is 25.1. The molecule has 0 unspecified atom stereocenters. The molecule has 0 radical (unpaired) electrons. The second-order valence-corrected chi connectivity index (χ2v) is 13.4. The van der Waals surface area contributed by atoms with Crippen molar-refractivity contribution >= 4 is 38.4 Å². The molecular formula is C34H44N6O2S. The van der Waals surface area contributed by atoms with Crippen LogP contribution in [0.3, 0.4) is 0 Å². The lowest BCUT2D eigenvalue weighted by Gasteiger charge is -2.37. The number of sulfonamides is 1. The lowest BCUT2D eigenvalue weighted by Crippen LogP contribution is -2.47. The molecule has 1 aliphatic carbocycles. The molecule has 2 aliphatic rings. The van der Waals surface area contributed by atoms with Gasteiger partial charge in [0.2, 0.25) is 16.0 Å². The maximum absolute atomic E-state index is 12.7. The molecule has 4 aromatic rings. The van der Waals surface area contributed by atoms with Gasteiger partial charge in [0.25, 0.3) is 0 Å². The van der Waals surface area contributed by atoms with Crippen LogP contribution < -0.4 is 19.8 Å². The fourth-order valence-corrected chi connectivity index (χ4v) is 7.22. The van der Waals surface area contributed by atoms with E-state index in [-0.39, 0.29) is 7.43 Å². The van der Waals surface area contributed by atoms with Crippen LogP contribution in [-0.2, 0) is 10.0 Å². The van der Waals surface area contributed by atoms with Crippen LogP contribution in [0.15, 0.2) is 83.8 Å². The van der Waals surface area contributed by atoms with Gasteiger partial charge in [-0.25, -0.2) is 18.1 Å². The van der Waals surface area contributed by atoms with Gasteiger partial charge in [-0.05, 0) is 80.8 Å². The van der Waals surface area contributed by atoms with Crippen LogP contribution in [-0.4, -0.2) is 57.7 Å². The summed E-state index contributed by atoms with van der Waals surface area (Å²) in [6.07, 6.45) is 4.15. The number of nitrogens with zero attached hydrogens (tertiary/aromatic N) is 4.